The summed E-state index contributed by atoms with van der Waals surface area (Å²) in [6.07, 6.45) is 1.08. The molecule has 0 unspecified atom stereocenters. The summed E-state index contributed by atoms with van der Waals surface area (Å²) in [5.74, 6) is -0.855. The van der Waals surface area contributed by atoms with E-state index in [2.05, 4.69) is 5.32 Å². The third kappa shape index (κ3) is 9.27. The van der Waals surface area contributed by atoms with Gasteiger partial charge in [0.25, 0.3) is 5.69 Å². The standard InChI is InChI=1S/C31H38N4O7S/c1-22(2)19-32-31(37)28(17-24-9-7-6-8-10-24)33(20-25-13-11-23(3)12-14-25)30(36)21-34(43(5,40)41)27-18-26(35(38)39)15-16-29(27)42-4/h6-16,18,22,28H,17,19-21H2,1-5H3,(H,32,37)/t28-/m1/s1. The van der Waals surface area contributed by atoms with Crippen LogP contribution in [-0.2, 0) is 32.6 Å². The van der Waals surface area contributed by atoms with Crippen molar-refractivity contribution < 1.29 is 27.7 Å². The number of nitrogens with zero attached hydrogens (tertiary/aromatic N) is 3. The Morgan fingerprint density at radius 1 is 1.00 bits per heavy atom. The molecule has 3 aromatic rings. The molecule has 11 nitrogen and oxygen atoms in total. The Kier molecular flexibility index (Phi) is 11.2. The van der Waals surface area contributed by atoms with Crippen LogP contribution in [0.25, 0.3) is 0 Å². The van der Waals surface area contributed by atoms with Crippen molar-refractivity contribution in [2.24, 2.45) is 5.92 Å². The van der Waals surface area contributed by atoms with Crippen LogP contribution in [0.15, 0.2) is 72.8 Å². The summed E-state index contributed by atoms with van der Waals surface area (Å²) < 4.78 is 32.2. The Balaban J connectivity index is 2.11. The molecular weight excluding hydrogens is 572 g/mol. The molecule has 0 saturated carbocycles. The van der Waals surface area contributed by atoms with Gasteiger partial charge in [0.1, 0.15) is 24.0 Å². The second kappa shape index (κ2) is 14.6. The number of methoxy groups -OCH3 is 1. The predicted octanol–water partition coefficient (Wildman–Crippen LogP) is 4.09. The number of hydrogen-bond donors (Lipinski definition) is 1. The lowest BCUT2D eigenvalue weighted by Gasteiger charge is -2.34. The third-order valence-corrected chi connectivity index (χ3v) is 7.88. The number of sulfonamides is 1. The molecule has 1 N–H and O–H groups in total. The fraction of sp³-hybridized carbons (Fsp3) is 0.355. The van der Waals surface area contributed by atoms with Crippen LogP contribution in [0.5, 0.6) is 5.75 Å². The Hall–Kier alpha value is -4.45. The van der Waals surface area contributed by atoms with Crippen molar-refractivity contribution in [2.45, 2.75) is 39.8 Å². The van der Waals surface area contributed by atoms with Gasteiger partial charge in [-0.2, -0.15) is 0 Å². The lowest BCUT2D eigenvalue weighted by molar-refractivity contribution is -0.384. The number of ether oxygens (including phenoxy) is 1. The minimum absolute atomic E-state index is 0.0232. The fourth-order valence-corrected chi connectivity index (χ4v) is 5.29. The zero-order valence-electron chi connectivity index (χ0n) is 25.0. The van der Waals surface area contributed by atoms with Crippen molar-refractivity contribution >= 4 is 33.2 Å². The maximum Gasteiger partial charge on any atom is 0.271 e. The minimum atomic E-state index is -4.14. The lowest BCUT2D eigenvalue weighted by atomic mass is 10.0. The van der Waals surface area contributed by atoms with Gasteiger partial charge in [-0.25, -0.2) is 8.42 Å². The first-order chi connectivity index (χ1) is 20.3. The second-order valence-electron chi connectivity index (χ2n) is 10.7. The van der Waals surface area contributed by atoms with E-state index in [1.165, 1.54) is 24.1 Å². The fourth-order valence-electron chi connectivity index (χ4n) is 4.45. The highest BCUT2D eigenvalue weighted by molar-refractivity contribution is 7.92. The van der Waals surface area contributed by atoms with Crippen molar-refractivity contribution in [1.29, 1.82) is 0 Å². The topological polar surface area (TPSA) is 139 Å². The van der Waals surface area contributed by atoms with Crippen LogP contribution in [0.2, 0.25) is 0 Å². The molecule has 0 aliphatic rings. The summed E-state index contributed by atoms with van der Waals surface area (Å²) in [4.78, 5) is 40.1. The summed E-state index contributed by atoms with van der Waals surface area (Å²) in [6.45, 7) is 5.54. The van der Waals surface area contributed by atoms with Crippen molar-refractivity contribution in [3.63, 3.8) is 0 Å². The number of aryl methyl sites for hydroxylation is 1. The average Bonchev–Trinajstić information content (AvgIpc) is 2.96. The van der Waals surface area contributed by atoms with E-state index in [0.29, 0.717) is 6.54 Å². The number of hydrogen-bond acceptors (Lipinski definition) is 7. The Labute approximate surface area is 252 Å². The normalized spacial score (nSPS) is 12.0. The van der Waals surface area contributed by atoms with E-state index in [9.17, 15) is 28.1 Å². The molecular formula is C31H38N4O7S. The van der Waals surface area contributed by atoms with Gasteiger partial charge in [-0.1, -0.05) is 74.0 Å². The smallest absolute Gasteiger partial charge is 0.271 e. The molecule has 0 heterocycles. The molecule has 3 aromatic carbocycles. The van der Waals surface area contributed by atoms with E-state index < -0.39 is 33.4 Å². The molecule has 0 fully saturated rings. The van der Waals surface area contributed by atoms with E-state index in [1.54, 1.807) is 0 Å². The number of amides is 2. The zero-order valence-corrected chi connectivity index (χ0v) is 25.8. The van der Waals surface area contributed by atoms with E-state index in [1.807, 2.05) is 75.4 Å². The molecule has 0 aliphatic heterocycles. The number of anilines is 1. The number of nitro groups is 1. The van der Waals surface area contributed by atoms with E-state index in [-0.39, 0.29) is 41.9 Å². The highest BCUT2D eigenvalue weighted by Crippen LogP contribution is 2.34. The Bertz CT molecular complexity index is 1530. The van der Waals surface area contributed by atoms with Gasteiger partial charge in [-0.3, -0.25) is 24.0 Å². The van der Waals surface area contributed by atoms with Gasteiger partial charge in [-0.05, 0) is 30.0 Å². The molecule has 0 bridgehead atoms. The van der Waals surface area contributed by atoms with Crippen LogP contribution in [0.3, 0.4) is 0 Å². The number of carbonyl (C=O) groups is 2. The Morgan fingerprint density at radius 3 is 2.21 bits per heavy atom. The van der Waals surface area contributed by atoms with Gasteiger partial charge >= 0.3 is 0 Å². The van der Waals surface area contributed by atoms with Crippen LogP contribution < -0.4 is 14.4 Å². The lowest BCUT2D eigenvalue weighted by Crippen LogP contribution is -2.53. The maximum atomic E-state index is 14.2. The molecule has 43 heavy (non-hydrogen) atoms. The van der Waals surface area contributed by atoms with Crippen LogP contribution >= 0.6 is 0 Å². The molecule has 0 radical (unpaired) electrons. The molecule has 12 heteroatoms. The highest BCUT2D eigenvalue weighted by atomic mass is 32.2. The van der Waals surface area contributed by atoms with Crippen molar-refractivity contribution in [2.75, 3.05) is 30.8 Å². The van der Waals surface area contributed by atoms with Crippen molar-refractivity contribution in [3.8, 4) is 5.75 Å². The molecule has 0 aromatic heterocycles. The van der Waals surface area contributed by atoms with Crippen LogP contribution in [0, 0.1) is 23.0 Å². The first kappa shape index (κ1) is 33.1. The number of non-ortho nitro benzene ring substituents is 1. The minimum Gasteiger partial charge on any atom is -0.495 e. The molecule has 0 spiro atoms. The third-order valence-electron chi connectivity index (χ3n) is 6.75. The molecule has 2 amide bonds. The second-order valence-corrected chi connectivity index (χ2v) is 12.6. The first-order valence-electron chi connectivity index (χ1n) is 13.8. The van der Waals surface area contributed by atoms with Gasteiger partial charge in [0.15, 0.2) is 0 Å². The number of nitro benzene ring substituents is 1. The summed E-state index contributed by atoms with van der Waals surface area (Å²) in [6, 6.07) is 19.2. The van der Waals surface area contributed by atoms with Crippen LogP contribution in [0.1, 0.15) is 30.5 Å². The number of benzene rings is 3. The summed E-state index contributed by atoms with van der Waals surface area (Å²) >= 11 is 0. The van der Waals surface area contributed by atoms with Gasteiger partial charge in [0.2, 0.25) is 21.8 Å². The zero-order chi connectivity index (χ0) is 31.7. The largest absolute Gasteiger partial charge is 0.495 e. The molecule has 0 saturated heterocycles. The predicted molar refractivity (Wildman–Crippen MR) is 165 cm³/mol. The molecule has 1 atom stereocenters. The van der Waals surface area contributed by atoms with E-state index >= 15 is 0 Å². The van der Waals surface area contributed by atoms with Gasteiger partial charge in [-0.15, -0.1) is 0 Å². The van der Waals surface area contributed by atoms with E-state index in [0.717, 1.165) is 33.3 Å². The molecule has 3 rings (SSSR count). The van der Waals surface area contributed by atoms with Crippen LogP contribution in [0.4, 0.5) is 11.4 Å². The number of carbonyl (C=O) groups excluding carboxylic acids is 2. The summed E-state index contributed by atoms with van der Waals surface area (Å²) in [5, 5.41) is 14.4. The van der Waals surface area contributed by atoms with Crippen molar-refractivity contribution in [3.05, 3.63) is 99.6 Å². The average molecular weight is 611 g/mol. The summed E-state index contributed by atoms with van der Waals surface area (Å²) in [5.41, 5.74) is 2.04. The number of rotatable bonds is 14. The first-order valence-corrected chi connectivity index (χ1v) is 15.6. The monoisotopic (exact) mass is 610 g/mol. The number of nitrogens with one attached hydrogen (secondary N) is 1. The SMILES string of the molecule is COc1ccc([N+](=O)[O-])cc1N(CC(=O)N(Cc1ccc(C)cc1)[C@H](Cc1ccccc1)C(=O)NCC(C)C)S(C)(=O)=O. The van der Waals surface area contributed by atoms with E-state index in [4.69, 9.17) is 4.74 Å². The van der Waals surface area contributed by atoms with Crippen molar-refractivity contribution in [1.82, 2.24) is 10.2 Å². The Morgan fingerprint density at radius 2 is 1.65 bits per heavy atom. The quantitative estimate of drug-likeness (QED) is 0.214. The molecule has 0 aliphatic carbocycles. The van der Waals surface area contributed by atoms with Crippen LogP contribution in [-0.4, -0.2) is 62.6 Å². The summed E-state index contributed by atoms with van der Waals surface area (Å²) in [7, 11) is -2.85. The highest BCUT2D eigenvalue weighted by Gasteiger charge is 2.34. The molecule has 230 valence electrons. The van der Waals surface area contributed by atoms with Gasteiger partial charge < -0.3 is 15.0 Å². The van der Waals surface area contributed by atoms with Gasteiger partial charge in [0, 0.05) is 31.6 Å². The van der Waals surface area contributed by atoms with Gasteiger partial charge in [0.05, 0.1) is 18.3 Å². The maximum absolute atomic E-state index is 14.2.